The van der Waals surface area contributed by atoms with Crippen molar-refractivity contribution in [2.24, 2.45) is 5.73 Å². The van der Waals surface area contributed by atoms with E-state index in [2.05, 4.69) is 11.3 Å². The van der Waals surface area contributed by atoms with Gasteiger partial charge >= 0.3 is 5.97 Å². The molecule has 0 aromatic carbocycles. The summed E-state index contributed by atoms with van der Waals surface area (Å²) in [6, 6.07) is 3.24. The molecule has 0 unspecified atom stereocenters. The molecular weight excluding hydrogens is 182 g/mol. The Hall–Kier alpha value is -1.55. The monoisotopic (exact) mass is 195 g/mol. The summed E-state index contributed by atoms with van der Waals surface area (Å²) in [7, 11) is 1.30. The fraction of sp³-hybridized carbons (Fsp3) is 0.300. The van der Waals surface area contributed by atoms with E-state index in [0.717, 1.165) is 5.57 Å². The van der Waals surface area contributed by atoms with Crippen LogP contribution in [0.2, 0.25) is 0 Å². The van der Waals surface area contributed by atoms with Gasteiger partial charge in [-0.05, 0) is 30.7 Å². The Labute approximate surface area is 82.3 Å². The van der Waals surface area contributed by atoms with Gasteiger partial charge in [0.25, 0.3) is 0 Å². The smallest absolute Gasteiger partial charge is 0.373 e. The number of rotatable bonds is 4. The third-order valence-corrected chi connectivity index (χ3v) is 1.79. The number of hydrogen-bond acceptors (Lipinski definition) is 4. The Bertz CT molecular complexity index is 341. The number of nitrogens with two attached hydrogens (primary N) is 1. The van der Waals surface area contributed by atoms with Crippen molar-refractivity contribution in [2.45, 2.75) is 6.42 Å². The summed E-state index contributed by atoms with van der Waals surface area (Å²) in [5, 5.41) is 0. The molecular formula is C10H13NO3. The first kappa shape index (κ1) is 10.5. The minimum absolute atomic E-state index is 0.181. The highest BCUT2D eigenvalue weighted by molar-refractivity contribution is 5.86. The molecule has 1 heterocycles. The van der Waals surface area contributed by atoms with Gasteiger partial charge in [0.2, 0.25) is 5.76 Å². The topological polar surface area (TPSA) is 65.5 Å². The average molecular weight is 195 g/mol. The first-order chi connectivity index (χ1) is 6.69. The minimum Gasteiger partial charge on any atom is -0.463 e. The molecule has 4 heteroatoms. The fourth-order valence-corrected chi connectivity index (χ4v) is 1.04. The molecule has 0 saturated carbocycles. The van der Waals surface area contributed by atoms with Crippen molar-refractivity contribution >= 4 is 11.5 Å². The second-order valence-corrected chi connectivity index (χ2v) is 2.80. The molecule has 0 atom stereocenters. The Morgan fingerprint density at radius 1 is 1.57 bits per heavy atom. The van der Waals surface area contributed by atoms with Crippen LogP contribution in [-0.2, 0) is 4.74 Å². The first-order valence-corrected chi connectivity index (χ1v) is 4.25. The van der Waals surface area contributed by atoms with E-state index >= 15 is 0 Å². The molecule has 0 aliphatic heterocycles. The van der Waals surface area contributed by atoms with Gasteiger partial charge in [0, 0.05) is 0 Å². The molecule has 0 fully saturated rings. The number of carbonyl (C=O) groups excluding carboxylic acids is 1. The van der Waals surface area contributed by atoms with Gasteiger partial charge in [-0.25, -0.2) is 4.79 Å². The normalized spacial score (nSPS) is 9.86. The van der Waals surface area contributed by atoms with Gasteiger partial charge in [-0.1, -0.05) is 6.58 Å². The standard InChI is InChI=1S/C10H13NO3/c1-7(5-6-11)8-3-4-9(14-8)10(12)13-2/h3-4H,1,5-6,11H2,2H3. The molecule has 1 aromatic rings. The van der Waals surface area contributed by atoms with E-state index in [1.807, 2.05) is 0 Å². The third-order valence-electron chi connectivity index (χ3n) is 1.79. The number of furan rings is 1. The van der Waals surface area contributed by atoms with Crippen molar-refractivity contribution in [3.05, 3.63) is 30.2 Å². The Morgan fingerprint density at radius 3 is 2.79 bits per heavy atom. The quantitative estimate of drug-likeness (QED) is 0.738. The van der Waals surface area contributed by atoms with Crippen LogP contribution in [0, 0.1) is 0 Å². The van der Waals surface area contributed by atoms with Crippen LogP contribution >= 0.6 is 0 Å². The molecule has 1 aromatic heterocycles. The van der Waals surface area contributed by atoms with E-state index in [-0.39, 0.29) is 5.76 Å². The summed E-state index contributed by atoms with van der Waals surface area (Å²) in [6.07, 6.45) is 0.647. The highest BCUT2D eigenvalue weighted by Crippen LogP contribution is 2.18. The molecule has 0 radical (unpaired) electrons. The van der Waals surface area contributed by atoms with E-state index < -0.39 is 5.97 Å². The van der Waals surface area contributed by atoms with Crippen molar-refractivity contribution in [3.63, 3.8) is 0 Å². The van der Waals surface area contributed by atoms with Crippen LogP contribution in [0.5, 0.6) is 0 Å². The SMILES string of the molecule is C=C(CCN)c1ccc(C(=O)OC)o1. The minimum atomic E-state index is -0.489. The van der Waals surface area contributed by atoms with Crippen LogP contribution in [0.25, 0.3) is 5.57 Å². The molecule has 4 nitrogen and oxygen atoms in total. The Morgan fingerprint density at radius 2 is 2.21 bits per heavy atom. The van der Waals surface area contributed by atoms with Gasteiger partial charge in [-0.15, -0.1) is 0 Å². The molecule has 0 bridgehead atoms. The predicted molar refractivity (Wildman–Crippen MR) is 52.8 cm³/mol. The largest absolute Gasteiger partial charge is 0.463 e. The molecule has 76 valence electrons. The van der Waals surface area contributed by atoms with Crippen LogP contribution in [0.4, 0.5) is 0 Å². The average Bonchev–Trinajstić information content (AvgIpc) is 2.66. The molecule has 1 rings (SSSR count). The zero-order valence-electron chi connectivity index (χ0n) is 8.08. The van der Waals surface area contributed by atoms with Crippen LogP contribution in [0.3, 0.4) is 0 Å². The molecule has 2 N–H and O–H groups in total. The summed E-state index contributed by atoms with van der Waals surface area (Å²) in [4.78, 5) is 11.0. The van der Waals surface area contributed by atoms with Gasteiger partial charge in [0.1, 0.15) is 5.76 Å². The van der Waals surface area contributed by atoms with Gasteiger partial charge < -0.3 is 14.9 Å². The Kier molecular flexibility index (Phi) is 3.48. The summed E-state index contributed by atoms with van der Waals surface area (Å²) in [5.74, 6) is 0.272. The van der Waals surface area contributed by atoms with Crippen molar-refractivity contribution in [3.8, 4) is 0 Å². The summed E-state index contributed by atoms with van der Waals surface area (Å²) in [6.45, 7) is 4.29. The lowest BCUT2D eigenvalue weighted by atomic mass is 10.2. The lowest BCUT2D eigenvalue weighted by molar-refractivity contribution is 0.0564. The van der Waals surface area contributed by atoms with Crippen LogP contribution in [0.1, 0.15) is 22.7 Å². The summed E-state index contributed by atoms with van der Waals surface area (Å²) >= 11 is 0. The lowest BCUT2D eigenvalue weighted by Gasteiger charge is -1.98. The van der Waals surface area contributed by atoms with Gasteiger partial charge in [0.05, 0.1) is 7.11 Å². The van der Waals surface area contributed by atoms with Crippen molar-refractivity contribution < 1.29 is 13.9 Å². The summed E-state index contributed by atoms with van der Waals surface area (Å²) in [5.41, 5.74) is 6.15. The zero-order valence-corrected chi connectivity index (χ0v) is 8.08. The van der Waals surface area contributed by atoms with Gasteiger partial charge in [-0.3, -0.25) is 0 Å². The maximum atomic E-state index is 11.0. The molecule has 0 saturated heterocycles. The number of esters is 1. The number of carbonyl (C=O) groups is 1. The highest BCUT2D eigenvalue weighted by Gasteiger charge is 2.11. The Balaban J connectivity index is 2.77. The second-order valence-electron chi connectivity index (χ2n) is 2.80. The van der Waals surface area contributed by atoms with Gasteiger partial charge in [-0.2, -0.15) is 0 Å². The molecule has 0 aliphatic rings. The second kappa shape index (κ2) is 4.62. The van der Waals surface area contributed by atoms with Crippen LogP contribution in [-0.4, -0.2) is 19.6 Å². The maximum Gasteiger partial charge on any atom is 0.373 e. The molecule has 0 spiro atoms. The van der Waals surface area contributed by atoms with Crippen LogP contribution in [0.15, 0.2) is 23.1 Å². The fourth-order valence-electron chi connectivity index (χ4n) is 1.04. The number of hydrogen-bond donors (Lipinski definition) is 1. The highest BCUT2D eigenvalue weighted by atomic mass is 16.5. The number of methoxy groups -OCH3 is 1. The molecule has 0 amide bonds. The maximum absolute atomic E-state index is 11.0. The number of ether oxygens (including phenoxy) is 1. The van der Waals surface area contributed by atoms with Crippen molar-refractivity contribution in [1.82, 2.24) is 0 Å². The van der Waals surface area contributed by atoms with E-state index in [1.165, 1.54) is 7.11 Å². The van der Waals surface area contributed by atoms with E-state index in [9.17, 15) is 4.79 Å². The zero-order chi connectivity index (χ0) is 10.6. The lowest BCUT2D eigenvalue weighted by Crippen LogP contribution is -1.99. The van der Waals surface area contributed by atoms with E-state index in [4.69, 9.17) is 10.2 Å². The molecule has 0 aliphatic carbocycles. The summed E-state index contributed by atoms with van der Waals surface area (Å²) < 4.78 is 9.72. The molecule has 14 heavy (non-hydrogen) atoms. The van der Waals surface area contributed by atoms with E-state index in [0.29, 0.717) is 18.7 Å². The predicted octanol–water partition coefficient (Wildman–Crippen LogP) is 1.43. The van der Waals surface area contributed by atoms with Gasteiger partial charge in [0.15, 0.2) is 0 Å². The first-order valence-electron chi connectivity index (χ1n) is 4.25. The van der Waals surface area contributed by atoms with Crippen molar-refractivity contribution in [2.75, 3.05) is 13.7 Å². The van der Waals surface area contributed by atoms with Crippen LogP contribution < -0.4 is 5.73 Å². The van der Waals surface area contributed by atoms with Crippen molar-refractivity contribution in [1.29, 1.82) is 0 Å². The van der Waals surface area contributed by atoms with E-state index in [1.54, 1.807) is 12.1 Å². The third kappa shape index (κ3) is 2.23.